The third-order valence-electron chi connectivity index (χ3n) is 5.81. The minimum atomic E-state index is -8.73. The van der Waals surface area contributed by atoms with E-state index in [1.807, 2.05) is 4.72 Å². The molecule has 2 aromatic rings. The molecule has 0 spiro atoms. The van der Waals surface area contributed by atoms with Crippen LogP contribution in [0.25, 0.3) is 0 Å². The Bertz CT molecular complexity index is 1540. The standard InChI is InChI=1S/C20H12ClF16N3O4S/c1-7-8(2)39-44-11(7)40-45(42,43)10-5-3-9(4-6-10)38-12(41)13(22,23)14(24,25)15(26,27)16(28,29)17(30,31)18(32,33)19(34,35)20(21,36)37/h3-6,40H,1-2H3,(H,38,41). The molecule has 1 heterocycles. The first-order chi connectivity index (χ1) is 19.8. The lowest BCUT2D eigenvalue weighted by molar-refractivity contribution is -0.445. The van der Waals surface area contributed by atoms with E-state index in [4.69, 9.17) is 0 Å². The fourth-order valence-corrected chi connectivity index (χ4v) is 4.09. The van der Waals surface area contributed by atoms with Crippen molar-refractivity contribution in [1.82, 2.24) is 5.16 Å². The Labute approximate surface area is 243 Å². The highest BCUT2D eigenvalue weighted by Gasteiger charge is 2.95. The van der Waals surface area contributed by atoms with Crippen LogP contribution in [0, 0.1) is 13.8 Å². The Kier molecular flexibility index (Phi) is 9.26. The fraction of sp³-hybridized carbons (Fsp3) is 0.500. The number of sulfonamides is 1. The lowest BCUT2D eigenvalue weighted by Crippen LogP contribution is -2.75. The summed E-state index contributed by atoms with van der Waals surface area (Å²) in [7, 11) is -4.59. The molecule has 1 amide bonds. The number of rotatable bonds is 12. The third kappa shape index (κ3) is 5.71. The zero-order chi connectivity index (χ0) is 35.6. The van der Waals surface area contributed by atoms with Gasteiger partial charge in [-0.05, 0) is 49.7 Å². The van der Waals surface area contributed by atoms with Crippen LogP contribution in [0.2, 0.25) is 0 Å². The second kappa shape index (κ2) is 11.0. The Morgan fingerprint density at radius 2 is 1.11 bits per heavy atom. The highest BCUT2D eigenvalue weighted by atomic mass is 35.5. The van der Waals surface area contributed by atoms with Gasteiger partial charge in [0, 0.05) is 11.3 Å². The lowest BCUT2D eigenvalue weighted by atomic mass is 9.89. The first-order valence-corrected chi connectivity index (χ1v) is 12.7. The number of amides is 1. The number of hydrogen-bond acceptors (Lipinski definition) is 5. The van der Waals surface area contributed by atoms with Crippen LogP contribution in [0.3, 0.4) is 0 Å². The number of anilines is 2. The van der Waals surface area contributed by atoms with E-state index in [-0.39, 0.29) is 11.3 Å². The molecule has 2 N–H and O–H groups in total. The Morgan fingerprint density at radius 1 is 0.711 bits per heavy atom. The monoisotopic (exact) mass is 729 g/mol. The van der Waals surface area contributed by atoms with Crippen LogP contribution in [0.4, 0.5) is 81.8 Å². The Hall–Kier alpha value is -3.18. The van der Waals surface area contributed by atoms with Crippen molar-refractivity contribution in [3.8, 4) is 0 Å². The molecule has 45 heavy (non-hydrogen) atoms. The normalized spacial score (nSPS) is 14.8. The maximum atomic E-state index is 14.1. The number of hydrogen-bond donors (Lipinski definition) is 2. The number of carbonyl (C=O) groups excluding carboxylic acids is 1. The van der Waals surface area contributed by atoms with Crippen LogP contribution in [0.5, 0.6) is 0 Å². The molecule has 7 nitrogen and oxygen atoms in total. The van der Waals surface area contributed by atoms with Crippen molar-refractivity contribution in [2.45, 2.75) is 65.6 Å². The molecule has 0 fully saturated rings. The van der Waals surface area contributed by atoms with E-state index in [9.17, 15) is 83.5 Å². The van der Waals surface area contributed by atoms with Crippen LogP contribution >= 0.6 is 11.6 Å². The van der Waals surface area contributed by atoms with Gasteiger partial charge in [-0.15, -0.1) is 0 Å². The molecule has 0 atom stereocenters. The second-order valence-electron chi connectivity index (χ2n) is 8.82. The Morgan fingerprint density at radius 3 is 1.49 bits per heavy atom. The molecule has 0 unspecified atom stereocenters. The Balaban J connectivity index is 2.41. The van der Waals surface area contributed by atoms with Gasteiger partial charge >= 0.3 is 52.7 Å². The number of carbonyl (C=O) groups is 1. The van der Waals surface area contributed by atoms with E-state index in [1.165, 1.54) is 13.8 Å². The molecular weight excluding hydrogens is 718 g/mol. The molecule has 0 saturated heterocycles. The molecule has 0 aliphatic carbocycles. The van der Waals surface area contributed by atoms with Crippen LogP contribution in [0.15, 0.2) is 33.7 Å². The first-order valence-electron chi connectivity index (χ1n) is 10.8. The molecule has 0 aliphatic rings. The van der Waals surface area contributed by atoms with E-state index in [0.717, 1.165) is 0 Å². The summed E-state index contributed by atoms with van der Waals surface area (Å²) in [6.07, 6.45) is 0. The quantitative estimate of drug-likeness (QED) is 0.176. The molecule has 1 aromatic carbocycles. The fourth-order valence-electron chi connectivity index (χ4n) is 2.92. The number of aryl methyl sites for hydroxylation is 1. The van der Waals surface area contributed by atoms with E-state index >= 15 is 0 Å². The van der Waals surface area contributed by atoms with Gasteiger partial charge in [0.1, 0.15) is 0 Å². The summed E-state index contributed by atoms with van der Waals surface area (Å²) < 4.78 is 249. The van der Waals surface area contributed by atoms with Gasteiger partial charge in [0.15, 0.2) is 0 Å². The number of alkyl halides is 17. The van der Waals surface area contributed by atoms with Crippen molar-refractivity contribution >= 4 is 39.1 Å². The van der Waals surface area contributed by atoms with Crippen molar-refractivity contribution in [3.63, 3.8) is 0 Å². The topological polar surface area (TPSA) is 101 Å². The minimum Gasteiger partial charge on any atom is -0.337 e. The van der Waals surface area contributed by atoms with Gasteiger partial charge in [-0.1, -0.05) is 5.16 Å². The maximum Gasteiger partial charge on any atom is 0.393 e. The predicted molar refractivity (Wildman–Crippen MR) is 117 cm³/mol. The summed E-state index contributed by atoms with van der Waals surface area (Å²) >= 11 is 3.45. The van der Waals surface area contributed by atoms with Gasteiger partial charge in [-0.25, -0.2) is 13.1 Å². The second-order valence-corrected chi connectivity index (χ2v) is 11.0. The number of nitrogens with one attached hydrogen (secondary N) is 2. The number of halogens is 17. The molecule has 0 aliphatic heterocycles. The molecular formula is C20H12ClF16N3O4S. The number of aromatic nitrogens is 1. The number of nitrogens with zero attached hydrogens (tertiary/aromatic N) is 1. The SMILES string of the molecule is Cc1noc(NS(=O)(=O)c2ccc(NC(=O)C(F)(F)C(F)(F)C(F)(F)C(F)(F)C(F)(F)C(F)(F)C(F)(F)C(F)(F)Cl)cc2)c1C. The average Bonchev–Trinajstić information content (AvgIpc) is 3.19. The summed E-state index contributed by atoms with van der Waals surface area (Å²) in [4.78, 5) is 10.9. The summed E-state index contributed by atoms with van der Waals surface area (Å²) in [6.45, 7) is 2.77. The van der Waals surface area contributed by atoms with Crippen molar-refractivity contribution < 1.29 is 88.0 Å². The van der Waals surface area contributed by atoms with Gasteiger partial charge in [-0.3, -0.25) is 4.79 Å². The van der Waals surface area contributed by atoms with Crippen molar-refractivity contribution in [2.24, 2.45) is 0 Å². The van der Waals surface area contributed by atoms with Gasteiger partial charge in [0.25, 0.3) is 10.0 Å². The van der Waals surface area contributed by atoms with E-state index in [2.05, 4.69) is 21.3 Å². The van der Waals surface area contributed by atoms with Crippen LogP contribution < -0.4 is 10.0 Å². The highest BCUT2D eigenvalue weighted by Crippen LogP contribution is 2.64. The van der Waals surface area contributed by atoms with Crippen molar-refractivity contribution in [2.75, 3.05) is 10.0 Å². The number of benzene rings is 1. The van der Waals surface area contributed by atoms with Gasteiger partial charge in [0.05, 0.1) is 10.6 Å². The molecule has 1 aromatic heterocycles. The minimum absolute atomic E-state index is 0.195. The van der Waals surface area contributed by atoms with Crippen LogP contribution in [-0.4, -0.2) is 66.3 Å². The highest BCUT2D eigenvalue weighted by molar-refractivity contribution is 7.92. The van der Waals surface area contributed by atoms with Crippen molar-refractivity contribution in [1.29, 1.82) is 0 Å². The molecule has 0 radical (unpaired) electrons. The van der Waals surface area contributed by atoms with Gasteiger partial charge in [-0.2, -0.15) is 70.2 Å². The maximum absolute atomic E-state index is 14.1. The lowest BCUT2D eigenvalue weighted by Gasteiger charge is -2.42. The summed E-state index contributed by atoms with van der Waals surface area (Å²) in [5, 5.41) is -2.79. The summed E-state index contributed by atoms with van der Waals surface area (Å²) in [6, 6.07) is 1.53. The summed E-state index contributed by atoms with van der Waals surface area (Å²) in [5.74, 6) is -61.9. The van der Waals surface area contributed by atoms with E-state index < -0.39 is 79.2 Å². The first kappa shape index (κ1) is 38.0. The van der Waals surface area contributed by atoms with Crippen LogP contribution in [0.1, 0.15) is 11.3 Å². The average molecular weight is 730 g/mol. The molecule has 0 bridgehead atoms. The van der Waals surface area contributed by atoms with Gasteiger partial charge in [0.2, 0.25) is 5.88 Å². The molecule has 256 valence electrons. The molecule has 0 saturated carbocycles. The predicted octanol–water partition coefficient (Wildman–Crippen LogP) is 7.31. The molecule has 2 rings (SSSR count). The van der Waals surface area contributed by atoms with Crippen LogP contribution in [-0.2, 0) is 14.8 Å². The largest absolute Gasteiger partial charge is 0.393 e. The van der Waals surface area contributed by atoms with E-state index in [1.54, 1.807) is 0 Å². The summed E-state index contributed by atoms with van der Waals surface area (Å²) in [5.41, 5.74) is -0.753. The van der Waals surface area contributed by atoms with Crippen molar-refractivity contribution in [3.05, 3.63) is 35.5 Å². The van der Waals surface area contributed by atoms with Gasteiger partial charge < -0.3 is 9.84 Å². The zero-order valence-corrected chi connectivity index (χ0v) is 22.8. The zero-order valence-electron chi connectivity index (χ0n) is 21.2. The molecule has 25 heteroatoms. The van der Waals surface area contributed by atoms with E-state index in [0.29, 0.717) is 29.6 Å². The third-order valence-corrected chi connectivity index (χ3v) is 7.40. The smallest absolute Gasteiger partial charge is 0.337 e.